The van der Waals surface area contributed by atoms with Gasteiger partial charge in [0.05, 0.1) is 17.2 Å². The van der Waals surface area contributed by atoms with Crippen LogP contribution >= 0.6 is 0 Å². The lowest BCUT2D eigenvalue weighted by atomic mass is 10.2. The number of nitriles is 1. The second-order valence-electron chi connectivity index (χ2n) is 4.04. The van der Waals surface area contributed by atoms with Crippen LogP contribution < -0.4 is 10.1 Å². The highest BCUT2D eigenvalue weighted by Crippen LogP contribution is 2.26. The lowest BCUT2D eigenvalue weighted by Crippen LogP contribution is -2.02. The highest BCUT2D eigenvalue weighted by Gasteiger charge is 2.10. The van der Waals surface area contributed by atoms with Crippen LogP contribution in [0.4, 0.5) is 5.82 Å². The van der Waals surface area contributed by atoms with Crippen LogP contribution in [0.5, 0.6) is 11.6 Å². The van der Waals surface area contributed by atoms with Gasteiger partial charge in [-0.25, -0.2) is 4.98 Å². The third kappa shape index (κ3) is 2.80. The summed E-state index contributed by atoms with van der Waals surface area (Å²) in [7, 11) is 1.81. The smallest absolute Gasteiger partial charge is 0.227 e. The fourth-order valence-electron chi connectivity index (χ4n) is 1.65. The monoisotopic (exact) mass is 254 g/mol. The van der Waals surface area contributed by atoms with E-state index in [-0.39, 0.29) is 0 Å². The fourth-order valence-corrected chi connectivity index (χ4v) is 1.65. The van der Waals surface area contributed by atoms with Crippen molar-refractivity contribution in [2.24, 2.45) is 0 Å². The molecule has 0 atom stereocenters. The van der Waals surface area contributed by atoms with Gasteiger partial charge in [-0.15, -0.1) is 0 Å². The van der Waals surface area contributed by atoms with Crippen molar-refractivity contribution in [3.05, 3.63) is 41.2 Å². The summed E-state index contributed by atoms with van der Waals surface area (Å²) in [4.78, 5) is 8.56. The minimum atomic E-state index is 0.515. The predicted octanol–water partition coefficient (Wildman–Crippen LogP) is 2.80. The number of ether oxygens (including phenoxy) is 1. The molecule has 5 heteroatoms. The minimum absolute atomic E-state index is 0.515. The molecule has 1 heterocycles. The summed E-state index contributed by atoms with van der Waals surface area (Å²) in [5.74, 6) is 2.54. The van der Waals surface area contributed by atoms with Gasteiger partial charge in [0.2, 0.25) is 5.88 Å². The molecular weight excluding hydrogens is 240 g/mol. The molecule has 1 N–H and O–H groups in total. The molecule has 0 saturated heterocycles. The van der Waals surface area contributed by atoms with Crippen LogP contribution in [0.25, 0.3) is 0 Å². The average Bonchev–Trinajstić information content (AvgIpc) is 2.43. The number of anilines is 1. The molecular formula is C14H14N4O. The van der Waals surface area contributed by atoms with E-state index in [9.17, 15) is 0 Å². The third-order valence-electron chi connectivity index (χ3n) is 2.65. The number of rotatable bonds is 3. The van der Waals surface area contributed by atoms with Gasteiger partial charge in [-0.3, -0.25) is 0 Å². The van der Waals surface area contributed by atoms with Crippen molar-refractivity contribution in [1.82, 2.24) is 9.97 Å². The van der Waals surface area contributed by atoms with Crippen molar-refractivity contribution in [2.45, 2.75) is 13.8 Å². The molecule has 0 aliphatic rings. The zero-order valence-corrected chi connectivity index (χ0v) is 11.1. The van der Waals surface area contributed by atoms with Gasteiger partial charge in [0.25, 0.3) is 0 Å². The predicted molar refractivity (Wildman–Crippen MR) is 72.3 cm³/mol. The van der Waals surface area contributed by atoms with E-state index in [1.165, 1.54) is 0 Å². The largest absolute Gasteiger partial charge is 0.439 e. The maximum absolute atomic E-state index is 8.75. The first kappa shape index (κ1) is 12.8. The highest BCUT2D eigenvalue weighted by molar-refractivity contribution is 5.49. The standard InChI is InChI=1S/C14H14N4O/c1-9-13(16-3)17-10(2)18-14(9)19-12-6-4-11(8-15)5-7-12/h4-7H,1-3H3,(H,16,17,18). The Bertz CT molecular complexity index is 629. The van der Waals surface area contributed by atoms with Gasteiger partial charge in [0, 0.05) is 7.05 Å². The van der Waals surface area contributed by atoms with Gasteiger partial charge >= 0.3 is 0 Å². The lowest BCUT2D eigenvalue weighted by Gasteiger charge is -2.11. The Labute approximate surface area is 111 Å². The van der Waals surface area contributed by atoms with E-state index in [0.717, 1.165) is 11.4 Å². The summed E-state index contributed by atoms with van der Waals surface area (Å²) in [6.45, 7) is 3.70. The molecule has 0 saturated carbocycles. The molecule has 19 heavy (non-hydrogen) atoms. The first-order valence-corrected chi connectivity index (χ1v) is 5.85. The molecule has 0 radical (unpaired) electrons. The van der Waals surface area contributed by atoms with Gasteiger partial charge in [0.1, 0.15) is 17.4 Å². The average molecular weight is 254 g/mol. The van der Waals surface area contributed by atoms with Gasteiger partial charge in [-0.1, -0.05) is 0 Å². The third-order valence-corrected chi connectivity index (χ3v) is 2.65. The van der Waals surface area contributed by atoms with Crippen LogP contribution in [-0.4, -0.2) is 17.0 Å². The second-order valence-corrected chi connectivity index (χ2v) is 4.04. The Morgan fingerprint density at radius 1 is 1.16 bits per heavy atom. The first-order chi connectivity index (χ1) is 9.13. The lowest BCUT2D eigenvalue weighted by molar-refractivity contribution is 0.456. The van der Waals surface area contributed by atoms with E-state index in [1.54, 1.807) is 31.3 Å². The van der Waals surface area contributed by atoms with E-state index in [1.807, 2.05) is 13.8 Å². The Morgan fingerprint density at radius 3 is 2.42 bits per heavy atom. The molecule has 0 unspecified atom stereocenters. The van der Waals surface area contributed by atoms with Crippen LogP contribution in [-0.2, 0) is 0 Å². The van der Waals surface area contributed by atoms with Crippen LogP contribution in [0.1, 0.15) is 17.0 Å². The van der Waals surface area contributed by atoms with Gasteiger partial charge in [0.15, 0.2) is 0 Å². The summed E-state index contributed by atoms with van der Waals surface area (Å²) in [5.41, 5.74) is 1.44. The summed E-state index contributed by atoms with van der Waals surface area (Å²) < 4.78 is 5.73. The van der Waals surface area contributed by atoms with Crippen LogP contribution in [0.3, 0.4) is 0 Å². The topological polar surface area (TPSA) is 70.8 Å². The maximum Gasteiger partial charge on any atom is 0.227 e. The summed E-state index contributed by atoms with van der Waals surface area (Å²) in [6, 6.07) is 8.97. The van der Waals surface area contributed by atoms with E-state index in [4.69, 9.17) is 10.00 Å². The molecule has 0 spiro atoms. The van der Waals surface area contributed by atoms with Gasteiger partial charge < -0.3 is 10.1 Å². The molecule has 0 aliphatic carbocycles. The molecule has 1 aromatic carbocycles. The van der Waals surface area contributed by atoms with E-state index >= 15 is 0 Å². The van der Waals surface area contributed by atoms with Crippen molar-refractivity contribution < 1.29 is 4.74 Å². The number of aryl methyl sites for hydroxylation is 1. The Balaban J connectivity index is 2.32. The molecule has 1 aromatic heterocycles. The zero-order chi connectivity index (χ0) is 13.8. The number of nitrogens with one attached hydrogen (secondary N) is 1. The Hall–Kier alpha value is -2.61. The molecule has 0 bridgehead atoms. The molecule has 0 amide bonds. The zero-order valence-electron chi connectivity index (χ0n) is 11.1. The highest BCUT2D eigenvalue weighted by atomic mass is 16.5. The van der Waals surface area contributed by atoms with E-state index in [2.05, 4.69) is 21.4 Å². The molecule has 2 aromatic rings. The molecule has 96 valence electrons. The first-order valence-electron chi connectivity index (χ1n) is 5.85. The number of benzene rings is 1. The number of hydrogen-bond donors (Lipinski definition) is 1. The Morgan fingerprint density at radius 2 is 1.84 bits per heavy atom. The van der Waals surface area contributed by atoms with Crippen molar-refractivity contribution in [3.63, 3.8) is 0 Å². The van der Waals surface area contributed by atoms with E-state index in [0.29, 0.717) is 23.0 Å². The van der Waals surface area contributed by atoms with Gasteiger partial charge in [-0.05, 0) is 38.1 Å². The fraction of sp³-hybridized carbons (Fsp3) is 0.214. The molecule has 5 nitrogen and oxygen atoms in total. The van der Waals surface area contributed by atoms with E-state index < -0.39 is 0 Å². The summed E-state index contributed by atoms with van der Waals surface area (Å²) in [5, 5.41) is 11.8. The second kappa shape index (κ2) is 5.36. The SMILES string of the molecule is CNc1nc(C)nc(Oc2ccc(C#N)cc2)c1C. The van der Waals surface area contributed by atoms with Crippen LogP contribution in [0, 0.1) is 25.2 Å². The molecule has 0 fully saturated rings. The summed E-state index contributed by atoms with van der Waals surface area (Å²) >= 11 is 0. The van der Waals surface area contributed by atoms with Crippen LogP contribution in [0.2, 0.25) is 0 Å². The van der Waals surface area contributed by atoms with Crippen molar-refractivity contribution in [1.29, 1.82) is 5.26 Å². The summed E-state index contributed by atoms with van der Waals surface area (Å²) in [6.07, 6.45) is 0. The molecule has 2 rings (SSSR count). The van der Waals surface area contributed by atoms with Crippen molar-refractivity contribution >= 4 is 5.82 Å². The number of nitrogens with zero attached hydrogens (tertiary/aromatic N) is 3. The number of hydrogen-bond acceptors (Lipinski definition) is 5. The number of aromatic nitrogens is 2. The van der Waals surface area contributed by atoms with Crippen molar-refractivity contribution in [2.75, 3.05) is 12.4 Å². The minimum Gasteiger partial charge on any atom is -0.439 e. The Kier molecular flexibility index (Phi) is 3.62. The van der Waals surface area contributed by atoms with Gasteiger partial charge in [-0.2, -0.15) is 10.2 Å². The quantitative estimate of drug-likeness (QED) is 0.911. The van der Waals surface area contributed by atoms with Crippen molar-refractivity contribution in [3.8, 4) is 17.7 Å². The maximum atomic E-state index is 8.75. The van der Waals surface area contributed by atoms with Crippen LogP contribution in [0.15, 0.2) is 24.3 Å². The molecule has 0 aliphatic heterocycles. The normalized spacial score (nSPS) is 9.79.